The van der Waals surface area contributed by atoms with Gasteiger partial charge in [0.05, 0.1) is 19.3 Å². The van der Waals surface area contributed by atoms with Crippen molar-refractivity contribution in [2.45, 2.75) is 26.1 Å². The van der Waals surface area contributed by atoms with Crippen molar-refractivity contribution >= 4 is 18.0 Å². The Morgan fingerprint density at radius 2 is 2.00 bits per heavy atom. The van der Waals surface area contributed by atoms with Gasteiger partial charge in [-0.25, -0.2) is 4.79 Å². The molecule has 0 aliphatic carbocycles. The molecule has 6 heteroatoms. The molecular formula is C18H23NO5. The van der Waals surface area contributed by atoms with Gasteiger partial charge >= 0.3 is 5.97 Å². The number of carbonyl (C=O) groups excluding carboxylic acids is 2. The first-order chi connectivity index (χ1) is 11.5. The van der Waals surface area contributed by atoms with E-state index in [1.165, 1.54) is 6.08 Å². The van der Waals surface area contributed by atoms with E-state index in [0.717, 1.165) is 5.56 Å². The molecule has 1 aromatic rings. The average Bonchev–Trinajstić information content (AvgIpc) is 2.57. The fourth-order valence-electron chi connectivity index (χ4n) is 2.56. The smallest absolute Gasteiger partial charge is 0.331 e. The molecule has 1 aliphatic rings. The number of amides is 1. The zero-order chi connectivity index (χ0) is 17.5. The number of morpholine rings is 1. The van der Waals surface area contributed by atoms with Gasteiger partial charge in [-0.15, -0.1) is 0 Å². The number of hydrogen-bond donors (Lipinski definition) is 0. The zero-order valence-corrected chi connectivity index (χ0v) is 14.2. The van der Waals surface area contributed by atoms with Crippen LogP contribution in [0, 0.1) is 0 Å². The van der Waals surface area contributed by atoms with Crippen LogP contribution in [-0.4, -0.2) is 55.8 Å². The first kappa shape index (κ1) is 18.0. The second-order valence-corrected chi connectivity index (χ2v) is 5.77. The Bertz CT molecular complexity index is 603. The molecule has 1 aliphatic heterocycles. The lowest BCUT2D eigenvalue weighted by atomic mass is 10.2. The average molecular weight is 333 g/mol. The topological polar surface area (TPSA) is 65.1 Å². The van der Waals surface area contributed by atoms with E-state index in [9.17, 15) is 9.59 Å². The van der Waals surface area contributed by atoms with E-state index in [-0.39, 0.29) is 24.7 Å². The van der Waals surface area contributed by atoms with E-state index in [0.29, 0.717) is 18.8 Å². The molecular weight excluding hydrogens is 310 g/mol. The van der Waals surface area contributed by atoms with Crippen molar-refractivity contribution in [1.29, 1.82) is 0 Å². The van der Waals surface area contributed by atoms with Crippen LogP contribution in [0.25, 0.3) is 6.08 Å². The predicted molar refractivity (Wildman–Crippen MR) is 89.6 cm³/mol. The number of methoxy groups -OCH3 is 1. The fraction of sp³-hybridized carbons (Fsp3) is 0.444. The van der Waals surface area contributed by atoms with Gasteiger partial charge in [0, 0.05) is 19.2 Å². The summed E-state index contributed by atoms with van der Waals surface area (Å²) in [4.78, 5) is 25.5. The third kappa shape index (κ3) is 5.38. The van der Waals surface area contributed by atoms with Crippen LogP contribution in [0.15, 0.2) is 30.3 Å². The van der Waals surface area contributed by atoms with E-state index in [1.54, 1.807) is 24.2 Å². The fourth-order valence-corrected chi connectivity index (χ4v) is 2.56. The molecule has 1 fully saturated rings. The van der Waals surface area contributed by atoms with Crippen LogP contribution in [0.3, 0.4) is 0 Å². The summed E-state index contributed by atoms with van der Waals surface area (Å²) < 4.78 is 15.7. The molecule has 1 amide bonds. The molecule has 0 aromatic heterocycles. The summed E-state index contributed by atoms with van der Waals surface area (Å²) in [7, 11) is 1.58. The Morgan fingerprint density at radius 3 is 2.67 bits per heavy atom. The van der Waals surface area contributed by atoms with E-state index in [1.807, 2.05) is 32.0 Å². The van der Waals surface area contributed by atoms with Gasteiger partial charge < -0.3 is 19.1 Å². The van der Waals surface area contributed by atoms with Crippen molar-refractivity contribution in [2.75, 3.05) is 26.8 Å². The van der Waals surface area contributed by atoms with Crippen molar-refractivity contribution < 1.29 is 23.8 Å². The number of esters is 1. The molecule has 1 saturated heterocycles. The Labute approximate surface area is 142 Å². The second-order valence-electron chi connectivity index (χ2n) is 5.77. The maximum atomic E-state index is 12.1. The van der Waals surface area contributed by atoms with Crippen molar-refractivity contribution in [3.8, 4) is 5.75 Å². The summed E-state index contributed by atoms with van der Waals surface area (Å²) in [5, 5.41) is 0. The molecule has 0 N–H and O–H groups in total. The SMILES string of the molecule is COc1cccc(/C=C/C(=O)OCC(=O)N2C[C@H](C)O[C@@H](C)C2)c1. The third-order valence-electron chi connectivity index (χ3n) is 3.62. The van der Waals surface area contributed by atoms with Gasteiger partial charge in [0.2, 0.25) is 0 Å². The number of hydrogen-bond acceptors (Lipinski definition) is 5. The van der Waals surface area contributed by atoms with Crippen LogP contribution >= 0.6 is 0 Å². The third-order valence-corrected chi connectivity index (χ3v) is 3.62. The summed E-state index contributed by atoms with van der Waals surface area (Å²) in [6.45, 7) is 4.60. The van der Waals surface area contributed by atoms with Gasteiger partial charge in [0.15, 0.2) is 6.61 Å². The molecule has 0 spiro atoms. The summed E-state index contributed by atoms with van der Waals surface area (Å²) >= 11 is 0. The quantitative estimate of drug-likeness (QED) is 0.608. The summed E-state index contributed by atoms with van der Waals surface area (Å²) in [6, 6.07) is 7.28. The second kappa shape index (κ2) is 8.49. The predicted octanol–water partition coefficient (Wildman–Crippen LogP) is 1.89. The van der Waals surface area contributed by atoms with Gasteiger partial charge in [0.25, 0.3) is 5.91 Å². The van der Waals surface area contributed by atoms with Gasteiger partial charge in [-0.2, -0.15) is 0 Å². The molecule has 0 bridgehead atoms. The number of rotatable bonds is 5. The Hall–Kier alpha value is -2.34. The molecule has 0 radical (unpaired) electrons. The number of nitrogens with zero attached hydrogens (tertiary/aromatic N) is 1. The van der Waals surface area contributed by atoms with Crippen molar-refractivity contribution in [1.82, 2.24) is 4.90 Å². The van der Waals surface area contributed by atoms with E-state index in [4.69, 9.17) is 14.2 Å². The van der Waals surface area contributed by atoms with E-state index in [2.05, 4.69) is 0 Å². The summed E-state index contributed by atoms with van der Waals surface area (Å²) in [5.74, 6) is -0.0584. The van der Waals surface area contributed by atoms with Crippen LogP contribution in [0.5, 0.6) is 5.75 Å². The molecule has 24 heavy (non-hydrogen) atoms. The maximum Gasteiger partial charge on any atom is 0.331 e. The normalized spacial score (nSPS) is 20.9. The minimum Gasteiger partial charge on any atom is -0.497 e. The first-order valence-corrected chi connectivity index (χ1v) is 7.90. The van der Waals surface area contributed by atoms with Crippen molar-refractivity contribution in [3.63, 3.8) is 0 Å². The van der Waals surface area contributed by atoms with Gasteiger partial charge in [0.1, 0.15) is 5.75 Å². The van der Waals surface area contributed by atoms with Gasteiger partial charge in [-0.3, -0.25) is 4.79 Å². The van der Waals surface area contributed by atoms with E-state index < -0.39 is 5.97 Å². The lowest BCUT2D eigenvalue weighted by Crippen LogP contribution is -2.49. The van der Waals surface area contributed by atoms with Crippen LogP contribution in [-0.2, 0) is 19.1 Å². The zero-order valence-electron chi connectivity index (χ0n) is 14.2. The van der Waals surface area contributed by atoms with Crippen LogP contribution in [0.1, 0.15) is 19.4 Å². The minimum absolute atomic E-state index is 0.0126. The number of carbonyl (C=O) groups is 2. The highest BCUT2D eigenvalue weighted by Gasteiger charge is 2.26. The standard InChI is InChI=1S/C18H23NO5/c1-13-10-19(11-14(2)24-13)17(20)12-23-18(21)8-7-15-5-4-6-16(9-15)22-3/h4-9,13-14H,10-12H2,1-3H3/b8-7+/t13-,14-/m0/s1. The molecule has 130 valence electrons. The number of ether oxygens (including phenoxy) is 3. The lowest BCUT2D eigenvalue weighted by Gasteiger charge is -2.35. The van der Waals surface area contributed by atoms with Crippen molar-refractivity contribution in [2.24, 2.45) is 0 Å². The summed E-state index contributed by atoms with van der Waals surface area (Å²) in [5.41, 5.74) is 0.813. The lowest BCUT2D eigenvalue weighted by molar-refractivity contribution is -0.154. The molecule has 1 heterocycles. The maximum absolute atomic E-state index is 12.1. The van der Waals surface area contributed by atoms with Crippen molar-refractivity contribution in [3.05, 3.63) is 35.9 Å². The highest BCUT2D eigenvalue weighted by molar-refractivity contribution is 5.89. The molecule has 2 rings (SSSR count). The van der Waals surface area contributed by atoms with Crippen LogP contribution in [0.2, 0.25) is 0 Å². The Morgan fingerprint density at radius 1 is 1.29 bits per heavy atom. The minimum atomic E-state index is -0.555. The highest BCUT2D eigenvalue weighted by Crippen LogP contribution is 2.14. The van der Waals surface area contributed by atoms with E-state index >= 15 is 0 Å². The monoisotopic (exact) mass is 333 g/mol. The highest BCUT2D eigenvalue weighted by atomic mass is 16.5. The first-order valence-electron chi connectivity index (χ1n) is 7.90. The molecule has 6 nitrogen and oxygen atoms in total. The summed E-state index contributed by atoms with van der Waals surface area (Å²) in [6.07, 6.45) is 2.89. The Kier molecular flexibility index (Phi) is 6.37. The van der Waals surface area contributed by atoms with Crippen LogP contribution in [0.4, 0.5) is 0 Å². The molecule has 0 saturated carbocycles. The van der Waals surface area contributed by atoms with Gasteiger partial charge in [-0.1, -0.05) is 12.1 Å². The number of benzene rings is 1. The molecule has 1 aromatic carbocycles. The van der Waals surface area contributed by atoms with Crippen LogP contribution < -0.4 is 4.74 Å². The largest absolute Gasteiger partial charge is 0.497 e. The Balaban J connectivity index is 1.82. The van der Waals surface area contributed by atoms with Gasteiger partial charge in [-0.05, 0) is 37.6 Å². The molecule has 2 atom stereocenters. The molecule has 0 unspecified atom stereocenters.